The molecule has 0 radical (unpaired) electrons. The molecule has 3 unspecified atom stereocenters. The average molecular weight is 169 g/mol. The standard InChI is InChI=1S/C7H11N3S/c8-7-10(9)5-3-1-2-4-6(5)11-7/h1-7H,8-9H2. The maximum Gasteiger partial charge on any atom is 0.119 e. The molecule has 4 N–H and O–H groups in total. The minimum absolute atomic E-state index is 0.0580. The van der Waals surface area contributed by atoms with Gasteiger partial charge >= 0.3 is 0 Å². The molecule has 0 aromatic carbocycles. The van der Waals surface area contributed by atoms with Gasteiger partial charge in [-0.05, 0) is 0 Å². The molecule has 0 spiro atoms. The summed E-state index contributed by atoms with van der Waals surface area (Å²) >= 11 is 1.70. The van der Waals surface area contributed by atoms with E-state index >= 15 is 0 Å². The van der Waals surface area contributed by atoms with Crippen LogP contribution in [0, 0.1) is 0 Å². The molecule has 3 nitrogen and oxygen atoms in total. The van der Waals surface area contributed by atoms with Gasteiger partial charge in [-0.2, -0.15) is 0 Å². The van der Waals surface area contributed by atoms with Crippen molar-refractivity contribution in [1.29, 1.82) is 0 Å². The third-order valence-corrected chi connectivity index (χ3v) is 3.26. The normalized spacial score (nSPS) is 42.9. The van der Waals surface area contributed by atoms with Crippen LogP contribution in [0.3, 0.4) is 0 Å². The molecule has 0 aromatic heterocycles. The summed E-state index contributed by atoms with van der Waals surface area (Å²) in [5.74, 6) is 5.74. The Morgan fingerprint density at radius 3 is 2.73 bits per heavy atom. The molecule has 1 aliphatic carbocycles. The number of hydrogen-bond donors (Lipinski definition) is 2. The minimum atomic E-state index is -0.0580. The largest absolute Gasteiger partial charge is 0.306 e. The van der Waals surface area contributed by atoms with Crippen molar-refractivity contribution in [3.05, 3.63) is 24.3 Å². The molecule has 4 heteroatoms. The van der Waals surface area contributed by atoms with E-state index in [9.17, 15) is 0 Å². The van der Waals surface area contributed by atoms with E-state index in [-0.39, 0.29) is 5.50 Å². The summed E-state index contributed by atoms with van der Waals surface area (Å²) in [7, 11) is 0. The molecule has 1 fully saturated rings. The first-order valence-corrected chi connectivity index (χ1v) is 4.52. The van der Waals surface area contributed by atoms with Crippen LogP contribution in [0.25, 0.3) is 0 Å². The number of nitrogens with zero attached hydrogens (tertiary/aromatic N) is 1. The number of rotatable bonds is 0. The second-order valence-corrected chi connectivity index (χ2v) is 4.00. The molecule has 3 atom stereocenters. The summed E-state index contributed by atoms with van der Waals surface area (Å²) < 4.78 is 0. The van der Waals surface area contributed by atoms with Gasteiger partial charge in [0.2, 0.25) is 0 Å². The highest BCUT2D eigenvalue weighted by atomic mass is 32.2. The smallest absolute Gasteiger partial charge is 0.119 e. The van der Waals surface area contributed by atoms with Crippen LogP contribution in [0.5, 0.6) is 0 Å². The van der Waals surface area contributed by atoms with Crippen molar-refractivity contribution in [3.63, 3.8) is 0 Å². The van der Waals surface area contributed by atoms with Crippen LogP contribution in [0.2, 0.25) is 0 Å². The van der Waals surface area contributed by atoms with Gasteiger partial charge in [0.1, 0.15) is 5.50 Å². The molecule has 11 heavy (non-hydrogen) atoms. The summed E-state index contributed by atoms with van der Waals surface area (Å²) in [6.07, 6.45) is 8.28. The number of fused-ring (bicyclic) bond motifs is 1. The fraction of sp³-hybridized carbons (Fsp3) is 0.429. The van der Waals surface area contributed by atoms with E-state index in [0.717, 1.165) is 0 Å². The summed E-state index contributed by atoms with van der Waals surface area (Å²) in [5, 5.41) is 2.15. The van der Waals surface area contributed by atoms with Gasteiger partial charge in [0.25, 0.3) is 0 Å². The summed E-state index contributed by atoms with van der Waals surface area (Å²) in [4.78, 5) is 0. The Morgan fingerprint density at radius 1 is 1.27 bits per heavy atom. The first kappa shape index (κ1) is 7.36. The predicted molar refractivity (Wildman–Crippen MR) is 47.4 cm³/mol. The van der Waals surface area contributed by atoms with Gasteiger partial charge in [0.05, 0.1) is 6.04 Å². The van der Waals surface area contributed by atoms with Crippen molar-refractivity contribution in [2.75, 3.05) is 0 Å². The van der Waals surface area contributed by atoms with Gasteiger partial charge in [0, 0.05) is 5.25 Å². The third kappa shape index (κ3) is 1.12. The lowest BCUT2D eigenvalue weighted by Crippen LogP contribution is -2.46. The van der Waals surface area contributed by atoms with E-state index < -0.39 is 0 Å². The number of hydrazine groups is 1. The van der Waals surface area contributed by atoms with E-state index in [0.29, 0.717) is 11.3 Å². The number of nitrogens with two attached hydrogens (primary N) is 2. The van der Waals surface area contributed by atoms with E-state index in [4.69, 9.17) is 11.6 Å². The molecule has 0 bridgehead atoms. The van der Waals surface area contributed by atoms with Crippen molar-refractivity contribution >= 4 is 11.8 Å². The molecule has 1 heterocycles. The summed E-state index contributed by atoms with van der Waals surface area (Å²) in [6, 6.07) is 0.292. The molecule has 2 rings (SSSR count). The quantitative estimate of drug-likeness (QED) is 0.502. The minimum Gasteiger partial charge on any atom is -0.306 e. The maximum absolute atomic E-state index is 5.74. The Bertz CT molecular complexity index is 214. The van der Waals surface area contributed by atoms with Gasteiger partial charge in [-0.3, -0.25) is 5.84 Å². The number of allylic oxidation sites excluding steroid dienone is 2. The zero-order chi connectivity index (χ0) is 7.84. The third-order valence-electron chi connectivity index (χ3n) is 1.99. The molecule has 60 valence electrons. The van der Waals surface area contributed by atoms with Crippen LogP contribution in [0.1, 0.15) is 0 Å². The highest BCUT2D eigenvalue weighted by Gasteiger charge is 2.35. The maximum atomic E-state index is 5.74. The van der Waals surface area contributed by atoms with Crippen molar-refractivity contribution in [3.8, 4) is 0 Å². The Labute approximate surface area is 70.1 Å². The lowest BCUT2D eigenvalue weighted by Gasteiger charge is -2.20. The second-order valence-electron chi connectivity index (χ2n) is 2.70. The lowest BCUT2D eigenvalue weighted by atomic mass is 10.1. The summed E-state index contributed by atoms with van der Waals surface area (Å²) in [5.41, 5.74) is 5.68. The van der Waals surface area contributed by atoms with E-state index in [1.807, 2.05) is 12.2 Å². The number of thioether (sulfide) groups is 1. The molecule has 1 aliphatic heterocycles. The first-order chi connectivity index (χ1) is 5.29. The van der Waals surface area contributed by atoms with Crippen LogP contribution in [-0.4, -0.2) is 21.8 Å². The van der Waals surface area contributed by atoms with Gasteiger partial charge in [-0.1, -0.05) is 24.3 Å². The topological polar surface area (TPSA) is 55.3 Å². The van der Waals surface area contributed by atoms with E-state index in [2.05, 4.69) is 12.2 Å². The highest BCUT2D eigenvalue weighted by Crippen LogP contribution is 2.33. The SMILES string of the molecule is NC1SC2C=CC=CC2N1N. The van der Waals surface area contributed by atoms with Gasteiger partial charge in [0.15, 0.2) is 0 Å². The fourth-order valence-electron chi connectivity index (χ4n) is 1.37. The van der Waals surface area contributed by atoms with Gasteiger partial charge in [-0.25, -0.2) is 5.01 Å². The molecule has 0 saturated carbocycles. The molecule has 0 aromatic rings. The predicted octanol–water partition coefficient (Wildman–Crippen LogP) is 0.0144. The summed E-state index contributed by atoms with van der Waals surface area (Å²) in [6.45, 7) is 0. The van der Waals surface area contributed by atoms with E-state index in [1.54, 1.807) is 16.8 Å². The Kier molecular flexibility index (Phi) is 1.77. The first-order valence-electron chi connectivity index (χ1n) is 3.58. The monoisotopic (exact) mass is 169 g/mol. The van der Waals surface area contributed by atoms with Crippen molar-refractivity contribution in [2.24, 2.45) is 11.6 Å². The van der Waals surface area contributed by atoms with Crippen molar-refractivity contribution in [1.82, 2.24) is 5.01 Å². The van der Waals surface area contributed by atoms with Crippen LogP contribution in [0.4, 0.5) is 0 Å². The molecular weight excluding hydrogens is 158 g/mol. The van der Waals surface area contributed by atoms with Crippen LogP contribution >= 0.6 is 11.8 Å². The van der Waals surface area contributed by atoms with Crippen LogP contribution < -0.4 is 11.6 Å². The van der Waals surface area contributed by atoms with Crippen molar-refractivity contribution < 1.29 is 0 Å². The van der Waals surface area contributed by atoms with Gasteiger partial charge in [-0.15, -0.1) is 11.8 Å². The number of hydrogen-bond acceptors (Lipinski definition) is 4. The van der Waals surface area contributed by atoms with Crippen LogP contribution in [-0.2, 0) is 0 Å². The van der Waals surface area contributed by atoms with Crippen LogP contribution in [0.15, 0.2) is 24.3 Å². The lowest BCUT2D eigenvalue weighted by molar-refractivity contribution is 0.245. The Balaban J connectivity index is 2.20. The molecular formula is C7H11N3S. The molecule has 0 amide bonds. The van der Waals surface area contributed by atoms with Crippen molar-refractivity contribution in [2.45, 2.75) is 16.8 Å². The average Bonchev–Trinajstić information content (AvgIpc) is 2.30. The molecule has 1 saturated heterocycles. The van der Waals surface area contributed by atoms with Gasteiger partial charge < -0.3 is 5.73 Å². The Morgan fingerprint density at radius 2 is 2.00 bits per heavy atom. The zero-order valence-electron chi connectivity index (χ0n) is 6.05. The van der Waals surface area contributed by atoms with E-state index in [1.165, 1.54) is 0 Å². The zero-order valence-corrected chi connectivity index (χ0v) is 6.87. The highest BCUT2D eigenvalue weighted by molar-refractivity contribution is 8.00. The second kappa shape index (κ2) is 2.64. The molecule has 2 aliphatic rings. The fourth-order valence-corrected chi connectivity index (χ4v) is 2.55. The Hall–Kier alpha value is -0.290.